The molecule has 1 fully saturated rings. The molecule has 3 aromatic rings. The van der Waals surface area contributed by atoms with Gasteiger partial charge in [0, 0.05) is 43.4 Å². The molecule has 0 N–H and O–H groups in total. The van der Waals surface area contributed by atoms with Crippen LogP contribution in [-0.2, 0) is 18.0 Å². The molecule has 1 aliphatic heterocycles. The number of nitrogens with zero attached hydrogens (tertiary/aromatic N) is 8. The van der Waals surface area contributed by atoms with E-state index in [0.717, 1.165) is 28.3 Å². The highest BCUT2D eigenvalue weighted by atomic mass is 19.4. The molecule has 166 valence electrons. The van der Waals surface area contributed by atoms with Crippen molar-refractivity contribution in [3.8, 4) is 0 Å². The smallest absolute Gasteiger partial charge is 0.353 e. The Labute approximate surface area is 178 Å². The van der Waals surface area contributed by atoms with Crippen LogP contribution in [0.15, 0.2) is 18.2 Å². The summed E-state index contributed by atoms with van der Waals surface area (Å²) in [4.78, 5) is 13.6. The lowest BCUT2D eigenvalue weighted by molar-refractivity contribution is -0.146. The first-order chi connectivity index (χ1) is 14.6. The fourth-order valence-electron chi connectivity index (χ4n) is 3.45. The zero-order valence-electron chi connectivity index (χ0n) is 18.0. The van der Waals surface area contributed by atoms with Crippen LogP contribution in [0.3, 0.4) is 0 Å². The quantitative estimate of drug-likeness (QED) is 0.627. The predicted molar refractivity (Wildman–Crippen MR) is 110 cm³/mol. The second-order valence-electron chi connectivity index (χ2n) is 8.60. The second kappa shape index (κ2) is 7.61. The SMILES string of the molecule is CCc1cc(N2CCN(c3ccc4nnc(C(F)(F)F)n4n3)CC2)nc(C(C)(C)C)n1. The predicted octanol–water partition coefficient (Wildman–Crippen LogP) is 3.12. The van der Waals surface area contributed by atoms with Crippen molar-refractivity contribution < 1.29 is 13.2 Å². The summed E-state index contributed by atoms with van der Waals surface area (Å²) >= 11 is 0. The van der Waals surface area contributed by atoms with Gasteiger partial charge in [0.1, 0.15) is 17.5 Å². The molecule has 0 saturated carbocycles. The van der Waals surface area contributed by atoms with E-state index in [1.165, 1.54) is 6.07 Å². The first-order valence-electron chi connectivity index (χ1n) is 10.2. The zero-order valence-corrected chi connectivity index (χ0v) is 18.0. The zero-order chi connectivity index (χ0) is 22.4. The summed E-state index contributed by atoms with van der Waals surface area (Å²) in [6.45, 7) is 10.9. The van der Waals surface area contributed by atoms with Crippen LogP contribution in [0.1, 0.15) is 45.0 Å². The van der Waals surface area contributed by atoms with Crippen LogP contribution in [0.5, 0.6) is 0 Å². The van der Waals surface area contributed by atoms with E-state index in [1.807, 2.05) is 11.0 Å². The number of anilines is 2. The molecule has 0 aromatic carbocycles. The van der Waals surface area contributed by atoms with Crippen LogP contribution in [-0.4, -0.2) is 56.0 Å². The maximum absolute atomic E-state index is 13.1. The van der Waals surface area contributed by atoms with Gasteiger partial charge in [-0.05, 0) is 18.6 Å². The van der Waals surface area contributed by atoms with Gasteiger partial charge in [-0.25, -0.2) is 9.97 Å². The first-order valence-corrected chi connectivity index (χ1v) is 10.2. The highest BCUT2D eigenvalue weighted by molar-refractivity contribution is 5.49. The topological polar surface area (TPSA) is 75.3 Å². The summed E-state index contributed by atoms with van der Waals surface area (Å²) < 4.78 is 40.2. The standard InChI is InChI=1S/C20H25F3N8/c1-5-13-12-16(25-17(24-13)19(2,3)4)30-10-8-29(9-11-30)15-7-6-14-26-27-18(20(21,22)23)31(14)28-15/h6-7,12H,5,8-11H2,1-4H3. The number of aryl methyl sites for hydroxylation is 1. The Bertz CT molecular complexity index is 1080. The molecule has 1 aliphatic rings. The lowest BCUT2D eigenvalue weighted by atomic mass is 9.95. The summed E-state index contributed by atoms with van der Waals surface area (Å²) in [6, 6.07) is 5.20. The minimum absolute atomic E-state index is 0.0671. The Balaban J connectivity index is 1.54. The van der Waals surface area contributed by atoms with Gasteiger partial charge in [-0.15, -0.1) is 15.3 Å². The molecule has 0 radical (unpaired) electrons. The lowest BCUT2D eigenvalue weighted by Gasteiger charge is -2.36. The summed E-state index contributed by atoms with van der Waals surface area (Å²) in [6.07, 6.45) is -3.79. The van der Waals surface area contributed by atoms with Crippen molar-refractivity contribution in [3.05, 3.63) is 35.5 Å². The molecule has 11 heteroatoms. The Morgan fingerprint density at radius 1 is 0.903 bits per heavy atom. The van der Waals surface area contributed by atoms with Crippen molar-refractivity contribution >= 4 is 17.3 Å². The molecule has 4 rings (SSSR count). The van der Waals surface area contributed by atoms with Gasteiger partial charge in [0.25, 0.3) is 5.82 Å². The second-order valence-corrected chi connectivity index (χ2v) is 8.60. The van der Waals surface area contributed by atoms with E-state index in [4.69, 9.17) is 4.98 Å². The van der Waals surface area contributed by atoms with E-state index in [1.54, 1.807) is 6.07 Å². The van der Waals surface area contributed by atoms with E-state index in [2.05, 4.69) is 52.9 Å². The van der Waals surface area contributed by atoms with Crippen LogP contribution in [0.2, 0.25) is 0 Å². The Morgan fingerprint density at radius 3 is 2.13 bits per heavy atom. The van der Waals surface area contributed by atoms with Crippen molar-refractivity contribution in [2.24, 2.45) is 0 Å². The van der Waals surface area contributed by atoms with Crippen LogP contribution in [0, 0.1) is 0 Å². The van der Waals surface area contributed by atoms with E-state index < -0.39 is 12.0 Å². The molecule has 0 unspecified atom stereocenters. The molecule has 0 atom stereocenters. The van der Waals surface area contributed by atoms with Gasteiger partial charge in [0.05, 0.1) is 0 Å². The minimum atomic E-state index is -4.61. The average Bonchev–Trinajstić information content (AvgIpc) is 3.16. The number of rotatable bonds is 3. The van der Waals surface area contributed by atoms with Crippen LogP contribution < -0.4 is 9.80 Å². The Morgan fingerprint density at radius 2 is 1.55 bits per heavy atom. The number of piperazine rings is 1. The number of aromatic nitrogens is 6. The normalized spacial score (nSPS) is 15.7. The van der Waals surface area contributed by atoms with Gasteiger partial charge in [-0.1, -0.05) is 27.7 Å². The molecule has 0 aliphatic carbocycles. The summed E-state index contributed by atoms with van der Waals surface area (Å²) in [7, 11) is 0. The van der Waals surface area contributed by atoms with Gasteiger partial charge in [0.15, 0.2) is 5.65 Å². The van der Waals surface area contributed by atoms with Crippen molar-refractivity contribution in [2.75, 3.05) is 36.0 Å². The molecule has 0 spiro atoms. The molecule has 3 aromatic heterocycles. The summed E-state index contributed by atoms with van der Waals surface area (Å²) in [5, 5.41) is 10.9. The van der Waals surface area contributed by atoms with Crippen LogP contribution in [0.25, 0.3) is 5.65 Å². The van der Waals surface area contributed by atoms with Gasteiger partial charge < -0.3 is 9.80 Å². The molecule has 0 bridgehead atoms. The third-order valence-corrected chi connectivity index (χ3v) is 5.23. The Hall–Kier alpha value is -2.98. The number of halogens is 3. The van der Waals surface area contributed by atoms with Gasteiger partial charge in [0.2, 0.25) is 0 Å². The molecule has 4 heterocycles. The highest BCUT2D eigenvalue weighted by Crippen LogP contribution is 2.28. The molecule has 31 heavy (non-hydrogen) atoms. The highest BCUT2D eigenvalue weighted by Gasteiger charge is 2.38. The monoisotopic (exact) mass is 434 g/mol. The van der Waals surface area contributed by atoms with Crippen molar-refractivity contribution in [2.45, 2.75) is 45.7 Å². The largest absolute Gasteiger partial charge is 0.453 e. The van der Waals surface area contributed by atoms with E-state index >= 15 is 0 Å². The van der Waals surface area contributed by atoms with Crippen molar-refractivity contribution in [3.63, 3.8) is 0 Å². The Kier molecular flexibility index (Phi) is 5.22. The number of hydrogen-bond donors (Lipinski definition) is 0. The summed E-state index contributed by atoms with van der Waals surface area (Å²) in [5.74, 6) is 1.04. The van der Waals surface area contributed by atoms with Crippen molar-refractivity contribution in [1.82, 2.24) is 29.8 Å². The van der Waals surface area contributed by atoms with Crippen LogP contribution >= 0.6 is 0 Å². The maximum Gasteiger partial charge on any atom is 0.453 e. The van der Waals surface area contributed by atoms with Gasteiger partial charge >= 0.3 is 6.18 Å². The fourth-order valence-corrected chi connectivity index (χ4v) is 3.45. The lowest BCUT2D eigenvalue weighted by Crippen LogP contribution is -2.47. The van der Waals surface area contributed by atoms with Gasteiger partial charge in [-0.2, -0.15) is 17.7 Å². The van der Waals surface area contributed by atoms with E-state index in [-0.39, 0.29) is 11.1 Å². The number of alkyl halides is 3. The molecular weight excluding hydrogens is 409 g/mol. The average molecular weight is 434 g/mol. The third kappa shape index (κ3) is 4.26. The third-order valence-electron chi connectivity index (χ3n) is 5.23. The number of fused-ring (bicyclic) bond motifs is 1. The van der Waals surface area contributed by atoms with Crippen LogP contribution in [0.4, 0.5) is 24.8 Å². The van der Waals surface area contributed by atoms with Gasteiger partial charge in [-0.3, -0.25) is 0 Å². The van der Waals surface area contributed by atoms with Crippen molar-refractivity contribution in [1.29, 1.82) is 0 Å². The first kappa shape index (κ1) is 21.3. The fraction of sp³-hybridized carbons (Fsp3) is 0.550. The summed E-state index contributed by atoms with van der Waals surface area (Å²) in [5.41, 5.74) is 0.907. The minimum Gasteiger partial charge on any atom is -0.353 e. The maximum atomic E-state index is 13.1. The number of hydrogen-bond acceptors (Lipinski definition) is 7. The molecule has 1 saturated heterocycles. The van der Waals surface area contributed by atoms with E-state index in [9.17, 15) is 13.2 Å². The molecular formula is C20H25F3N8. The molecule has 0 amide bonds. The van der Waals surface area contributed by atoms with E-state index in [0.29, 0.717) is 32.0 Å². The molecule has 8 nitrogen and oxygen atoms in total.